The Balaban J connectivity index is 2.89. The quantitative estimate of drug-likeness (QED) is 0.578. The molecule has 1 aliphatic heterocycles. The van der Waals surface area contributed by atoms with Gasteiger partial charge in [0.25, 0.3) is 5.91 Å². The molecule has 2 atom stereocenters. The first-order valence-electron chi connectivity index (χ1n) is 6.11. The van der Waals surface area contributed by atoms with E-state index in [1.165, 1.54) is 11.0 Å². The van der Waals surface area contributed by atoms with Gasteiger partial charge in [0.05, 0.1) is 0 Å². The van der Waals surface area contributed by atoms with E-state index in [4.69, 9.17) is 10.5 Å². The van der Waals surface area contributed by atoms with E-state index in [0.29, 0.717) is 13.0 Å². The largest absolute Gasteiger partial charge is 0.444 e. The molecule has 2 N–H and O–H groups in total. The van der Waals surface area contributed by atoms with Crippen LogP contribution in [0.3, 0.4) is 0 Å². The Morgan fingerprint density at radius 1 is 1.47 bits per heavy atom. The zero-order valence-corrected chi connectivity index (χ0v) is 11.4. The van der Waals surface area contributed by atoms with Crippen molar-refractivity contribution >= 4 is 18.1 Å². The molecule has 1 aliphatic rings. The predicted octanol–water partition coefficient (Wildman–Crippen LogP) is 0.433. The van der Waals surface area contributed by atoms with E-state index < -0.39 is 23.6 Å². The molecule has 1 rings (SSSR count). The second-order valence-corrected chi connectivity index (χ2v) is 5.44. The summed E-state index contributed by atoms with van der Waals surface area (Å²) in [6.45, 7) is 5.82. The fourth-order valence-corrected chi connectivity index (χ4v) is 2.07. The first-order valence-corrected chi connectivity index (χ1v) is 6.11. The van der Waals surface area contributed by atoms with Crippen molar-refractivity contribution in [1.29, 1.82) is 0 Å². The molecule has 0 aromatic heterocycles. The maximum Gasteiger partial charge on any atom is 0.410 e. The van der Waals surface area contributed by atoms with E-state index in [9.17, 15) is 14.4 Å². The molecule has 7 nitrogen and oxygen atoms in total. The maximum atomic E-state index is 12.0. The molecular formula is C12H19N3O4. The lowest BCUT2D eigenvalue weighted by atomic mass is 10.0. The minimum Gasteiger partial charge on any atom is -0.444 e. The minimum absolute atomic E-state index is 0.211. The number of isocyanates is 1. The third kappa shape index (κ3) is 3.87. The number of rotatable bonds is 2. The van der Waals surface area contributed by atoms with E-state index in [0.717, 1.165) is 0 Å². The van der Waals surface area contributed by atoms with Crippen molar-refractivity contribution in [2.45, 2.75) is 38.8 Å². The average Bonchev–Trinajstić information content (AvgIpc) is 2.70. The molecule has 106 valence electrons. The van der Waals surface area contributed by atoms with Gasteiger partial charge in [0.1, 0.15) is 11.6 Å². The van der Waals surface area contributed by atoms with E-state index in [1.807, 2.05) is 0 Å². The Morgan fingerprint density at radius 2 is 2.11 bits per heavy atom. The highest BCUT2D eigenvalue weighted by molar-refractivity contribution is 5.90. The molecule has 2 amide bonds. The molecule has 1 heterocycles. The molecule has 7 heteroatoms. The van der Waals surface area contributed by atoms with Gasteiger partial charge >= 0.3 is 6.09 Å². The van der Waals surface area contributed by atoms with Crippen molar-refractivity contribution in [3.8, 4) is 0 Å². The summed E-state index contributed by atoms with van der Waals surface area (Å²) in [5, 5.41) is 0. The summed E-state index contributed by atoms with van der Waals surface area (Å²) < 4.78 is 5.23. The number of carbonyl (C=O) groups excluding carboxylic acids is 3. The summed E-state index contributed by atoms with van der Waals surface area (Å²) in [5.74, 6) is -0.911. The molecule has 0 radical (unpaired) electrons. The lowest BCUT2D eigenvalue weighted by molar-refractivity contribution is -0.123. The average molecular weight is 269 g/mol. The molecular weight excluding hydrogens is 250 g/mol. The van der Waals surface area contributed by atoms with Crippen LogP contribution in [0.4, 0.5) is 4.79 Å². The second-order valence-electron chi connectivity index (χ2n) is 5.44. The minimum atomic E-state index is -0.832. The number of likely N-dealkylation sites (tertiary alicyclic amines) is 1. The maximum absolute atomic E-state index is 12.0. The number of hydrogen-bond donors (Lipinski definition) is 1. The van der Waals surface area contributed by atoms with Crippen molar-refractivity contribution < 1.29 is 19.1 Å². The smallest absolute Gasteiger partial charge is 0.410 e. The molecule has 1 fully saturated rings. The van der Waals surface area contributed by atoms with E-state index >= 15 is 0 Å². The lowest BCUT2D eigenvalue weighted by Crippen LogP contribution is -2.46. The van der Waals surface area contributed by atoms with Crippen LogP contribution < -0.4 is 5.73 Å². The Hall–Kier alpha value is -1.72. The van der Waals surface area contributed by atoms with Gasteiger partial charge in [0.15, 0.2) is 0 Å². The van der Waals surface area contributed by atoms with Crippen LogP contribution in [0.5, 0.6) is 0 Å². The van der Waals surface area contributed by atoms with Crippen molar-refractivity contribution in [2.24, 2.45) is 16.6 Å². The Bertz CT molecular complexity index is 410. The summed E-state index contributed by atoms with van der Waals surface area (Å²) in [6, 6.07) is -0.832. The third-order valence-electron chi connectivity index (χ3n) is 2.86. The van der Waals surface area contributed by atoms with E-state index in [1.54, 1.807) is 20.8 Å². The van der Waals surface area contributed by atoms with Gasteiger partial charge in [-0.1, -0.05) is 0 Å². The van der Waals surface area contributed by atoms with E-state index in [2.05, 4.69) is 4.99 Å². The standard InChI is InChI=1S/C12H19N3O4/c1-12(2,3)19-11(18)15-5-4-8(6-13)9(15)10(17)14-7-16/h8-9H,4-6,13H2,1-3H3/t8-,9?/m0/s1. The Kier molecular flexibility index (Phi) is 4.80. The molecule has 0 bridgehead atoms. The van der Waals surface area contributed by atoms with Crippen LogP contribution in [0.2, 0.25) is 0 Å². The molecule has 1 unspecified atom stereocenters. The number of carbonyl (C=O) groups is 2. The van der Waals surface area contributed by atoms with Gasteiger partial charge in [-0.05, 0) is 33.7 Å². The Morgan fingerprint density at radius 3 is 2.58 bits per heavy atom. The monoisotopic (exact) mass is 269 g/mol. The normalized spacial score (nSPS) is 22.8. The molecule has 0 aromatic carbocycles. The van der Waals surface area contributed by atoms with Gasteiger partial charge in [-0.25, -0.2) is 9.59 Å². The number of nitrogens with two attached hydrogens (primary N) is 1. The van der Waals surface area contributed by atoms with Crippen LogP contribution in [0.1, 0.15) is 27.2 Å². The summed E-state index contributed by atoms with van der Waals surface area (Å²) in [6.07, 6.45) is 1.19. The van der Waals surface area contributed by atoms with Gasteiger partial charge < -0.3 is 10.5 Å². The summed E-state index contributed by atoms with van der Waals surface area (Å²) in [4.78, 5) is 38.3. The number of hydrogen-bond acceptors (Lipinski definition) is 5. The third-order valence-corrected chi connectivity index (χ3v) is 2.86. The number of amides is 2. The zero-order valence-electron chi connectivity index (χ0n) is 11.4. The van der Waals surface area contributed by atoms with Crippen LogP contribution in [0.25, 0.3) is 0 Å². The predicted molar refractivity (Wildman–Crippen MR) is 67.0 cm³/mol. The van der Waals surface area contributed by atoms with Crippen molar-refractivity contribution in [3.63, 3.8) is 0 Å². The van der Waals surface area contributed by atoms with E-state index in [-0.39, 0.29) is 12.5 Å². The fraction of sp³-hybridized carbons (Fsp3) is 0.750. The molecule has 0 saturated carbocycles. The van der Waals surface area contributed by atoms with Crippen LogP contribution in [0, 0.1) is 5.92 Å². The number of ether oxygens (including phenoxy) is 1. The van der Waals surface area contributed by atoms with Crippen LogP contribution in [0.15, 0.2) is 4.99 Å². The van der Waals surface area contributed by atoms with Crippen molar-refractivity contribution in [1.82, 2.24) is 4.90 Å². The van der Waals surface area contributed by atoms with Crippen LogP contribution >= 0.6 is 0 Å². The first kappa shape index (κ1) is 15.3. The van der Waals surface area contributed by atoms with Crippen LogP contribution in [-0.4, -0.2) is 47.7 Å². The van der Waals surface area contributed by atoms with Crippen molar-refractivity contribution in [3.05, 3.63) is 0 Å². The summed E-state index contributed by atoms with van der Waals surface area (Å²) in [7, 11) is 0. The van der Waals surface area contributed by atoms with Gasteiger partial charge in [0, 0.05) is 12.5 Å². The summed E-state index contributed by atoms with van der Waals surface area (Å²) in [5.41, 5.74) is 4.92. The highest BCUT2D eigenvalue weighted by Crippen LogP contribution is 2.26. The lowest BCUT2D eigenvalue weighted by Gasteiger charge is -2.28. The fourth-order valence-electron chi connectivity index (χ4n) is 2.07. The van der Waals surface area contributed by atoms with Crippen LogP contribution in [-0.2, 0) is 14.3 Å². The highest BCUT2D eigenvalue weighted by Gasteiger charge is 2.42. The molecule has 0 spiro atoms. The molecule has 1 saturated heterocycles. The Labute approximate surface area is 111 Å². The first-order chi connectivity index (χ1) is 8.80. The van der Waals surface area contributed by atoms with Crippen molar-refractivity contribution in [2.75, 3.05) is 13.1 Å². The molecule has 0 aliphatic carbocycles. The number of nitrogens with zero attached hydrogens (tertiary/aromatic N) is 2. The van der Waals surface area contributed by atoms with Gasteiger partial charge in [-0.2, -0.15) is 0 Å². The molecule has 0 aromatic rings. The van der Waals surface area contributed by atoms with Gasteiger partial charge in [-0.3, -0.25) is 9.69 Å². The summed E-state index contributed by atoms with van der Waals surface area (Å²) >= 11 is 0. The SMILES string of the molecule is CC(C)(C)OC(=O)N1CC[C@@H](CN)C1C(=O)N=C=O. The second kappa shape index (κ2) is 5.95. The topological polar surface area (TPSA) is 102 Å². The zero-order chi connectivity index (χ0) is 14.6. The molecule has 19 heavy (non-hydrogen) atoms. The highest BCUT2D eigenvalue weighted by atomic mass is 16.6. The number of aliphatic imine (C=N–C) groups is 1. The van der Waals surface area contributed by atoms with Gasteiger partial charge in [0.2, 0.25) is 6.08 Å². The van der Waals surface area contributed by atoms with Gasteiger partial charge in [-0.15, -0.1) is 4.99 Å².